The summed E-state index contributed by atoms with van der Waals surface area (Å²) in [5.41, 5.74) is 6.65. The maximum Gasteiger partial charge on any atom is 0.232 e. The van der Waals surface area contributed by atoms with Crippen LogP contribution >= 0.6 is 0 Å². The zero-order valence-corrected chi connectivity index (χ0v) is 12.3. The number of hydrogen-bond acceptors (Lipinski definition) is 4. The first-order chi connectivity index (χ1) is 11.6. The van der Waals surface area contributed by atoms with Crippen molar-refractivity contribution in [2.45, 2.75) is 0 Å². The Balaban J connectivity index is 1.92. The van der Waals surface area contributed by atoms with E-state index in [9.17, 15) is 8.78 Å². The molecular formula is C18H10F2N3O. The highest BCUT2D eigenvalue weighted by atomic mass is 19.1. The molecule has 2 N–H and O–H groups in total. The summed E-state index contributed by atoms with van der Waals surface area (Å²) in [4.78, 5) is 8.54. The zero-order chi connectivity index (χ0) is 16.7. The van der Waals surface area contributed by atoms with Crippen molar-refractivity contribution < 1.29 is 13.2 Å². The standard InChI is InChI=1S/C18H10F2N3O/c19-12-7-4-8-13(20)14(12)16-15(21)11-9-22-17(23-18(11)24-16)10-5-2-1-3-6-10/h1-7,9H,21H2. The lowest BCUT2D eigenvalue weighted by Gasteiger charge is -2.01. The summed E-state index contributed by atoms with van der Waals surface area (Å²) in [7, 11) is 0. The molecule has 0 spiro atoms. The fraction of sp³-hybridized carbons (Fsp3) is 0. The summed E-state index contributed by atoms with van der Waals surface area (Å²) < 4.78 is 33.5. The number of benzene rings is 2. The second kappa shape index (κ2) is 5.42. The molecule has 0 aliphatic heterocycles. The number of nitrogens with two attached hydrogens (primary N) is 1. The lowest BCUT2D eigenvalue weighted by atomic mass is 10.1. The van der Waals surface area contributed by atoms with Gasteiger partial charge in [-0.2, -0.15) is 4.98 Å². The predicted molar refractivity (Wildman–Crippen MR) is 85.8 cm³/mol. The molecule has 0 aliphatic rings. The number of hydrogen-bond donors (Lipinski definition) is 1. The van der Waals surface area contributed by atoms with Crippen LogP contribution in [0.1, 0.15) is 0 Å². The van der Waals surface area contributed by atoms with Gasteiger partial charge in [0.25, 0.3) is 0 Å². The SMILES string of the molecule is Nc1c(-c2c(F)[c]ccc2F)oc2nc(-c3ccccc3)ncc12. The lowest BCUT2D eigenvalue weighted by Crippen LogP contribution is -1.93. The Morgan fingerprint density at radius 2 is 1.88 bits per heavy atom. The highest BCUT2D eigenvalue weighted by molar-refractivity contribution is 5.96. The number of nitrogen functional groups attached to an aromatic ring is 1. The molecule has 6 heteroatoms. The molecule has 2 aromatic carbocycles. The highest BCUT2D eigenvalue weighted by Crippen LogP contribution is 2.37. The maximum absolute atomic E-state index is 14.0. The fourth-order valence-electron chi connectivity index (χ4n) is 2.47. The van der Waals surface area contributed by atoms with Gasteiger partial charge in [-0.3, -0.25) is 0 Å². The molecule has 0 saturated carbocycles. The van der Waals surface area contributed by atoms with Gasteiger partial charge in [0.1, 0.15) is 11.6 Å². The molecule has 1 radical (unpaired) electrons. The number of fused-ring (bicyclic) bond motifs is 1. The van der Waals surface area contributed by atoms with E-state index < -0.39 is 11.6 Å². The monoisotopic (exact) mass is 322 g/mol. The topological polar surface area (TPSA) is 64.9 Å². The molecule has 24 heavy (non-hydrogen) atoms. The molecule has 0 aliphatic carbocycles. The summed E-state index contributed by atoms with van der Waals surface area (Å²) in [5, 5.41) is 0.396. The third kappa shape index (κ3) is 2.20. The Kier molecular flexibility index (Phi) is 3.23. The first-order valence-corrected chi connectivity index (χ1v) is 7.11. The second-order valence-corrected chi connectivity index (χ2v) is 5.14. The van der Waals surface area contributed by atoms with Crippen LogP contribution in [-0.4, -0.2) is 9.97 Å². The first-order valence-electron chi connectivity index (χ1n) is 7.11. The van der Waals surface area contributed by atoms with E-state index in [4.69, 9.17) is 10.2 Å². The number of furan rings is 1. The van der Waals surface area contributed by atoms with E-state index in [0.29, 0.717) is 11.2 Å². The Labute approximate surface area is 135 Å². The van der Waals surface area contributed by atoms with Crippen LogP contribution in [0, 0.1) is 17.7 Å². The van der Waals surface area contributed by atoms with E-state index in [0.717, 1.165) is 17.7 Å². The van der Waals surface area contributed by atoms with Crippen molar-refractivity contribution in [3.8, 4) is 22.7 Å². The molecule has 0 saturated heterocycles. The number of anilines is 1. The van der Waals surface area contributed by atoms with Gasteiger partial charge in [0, 0.05) is 17.8 Å². The minimum atomic E-state index is -0.878. The van der Waals surface area contributed by atoms with Crippen LogP contribution in [-0.2, 0) is 0 Å². The molecule has 0 unspecified atom stereocenters. The molecule has 2 aromatic heterocycles. The van der Waals surface area contributed by atoms with Crippen molar-refractivity contribution in [3.05, 3.63) is 66.4 Å². The average molecular weight is 322 g/mol. The van der Waals surface area contributed by atoms with Gasteiger partial charge in [-0.1, -0.05) is 30.3 Å². The van der Waals surface area contributed by atoms with Crippen molar-refractivity contribution >= 4 is 16.8 Å². The summed E-state index contributed by atoms with van der Waals surface area (Å²) in [6.45, 7) is 0. The minimum absolute atomic E-state index is 0.0852. The van der Waals surface area contributed by atoms with Crippen LogP contribution in [0.4, 0.5) is 14.5 Å². The van der Waals surface area contributed by atoms with Gasteiger partial charge in [0.2, 0.25) is 5.71 Å². The third-order valence-electron chi connectivity index (χ3n) is 3.64. The van der Waals surface area contributed by atoms with Crippen LogP contribution in [0.3, 0.4) is 0 Å². The van der Waals surface area contributed by atoms with Gasteiger partial charge < -0.3 is 10.2 Å². The van der Waals surface area contributed by atoms with E-state index in [2.05, 4.69) is 16.0 Å². The Bertz CT molecular complexity index is 1020. The second-order valence-electron chi connectivity index (χ2n) is 5.14. The lowest BCUT2D eigenvalue weighted by molar-refractivity contribution is 0.562. The van der Waals surface area contributed by atoms with E-state index >= 15 is 0 Å². The molecule has 4 aromatic rings. The number of aromatic nitrogens is 2. The van der Waals surface area contributed by atoms with Crippen LogP contribution in [0.25, 0.3) is 33.8 Å². The molecule has 4 rings (SSSR count). The van der Waals surface area contributed by atoms with Gasteiger partial charge in [0.15, 0.2) is 11.6 Å². The highest BCUT2D eigenvalue weighted by Gasteiger charge is 2.21. The molecule has 0 atom stereocenters. The summed E-state index contributed by atoms with van der Waals surface area (Å²) in [6, 6.07) is 13.8. The number of nitrogens with zero attached hydrogens (tertiary/aromatic N) is 2. The quantitative estimate of drug-likeness (QED) is 0.600. The fourth-order valence-corrected chi connectivity index (χ4v) is 2.47. The maximum atomic E-state index is 14.0. The molecule has 117 valence electrons. The normalized spacial score (nSPS) is 11.1. The molecular weight excluding hydrogens is 312 g/mol. The van der Waals surface area contributed by atoms with Gasteiger partial charge in [0.05, 0.1) is 16.6 Å². The Morgan fingerprint density at radius 3 is 2.62 bits per heavy atom. The predicted octanol–water partition coefficient (Wildman–Crippen LogP) is 4.22. The van der Waals surface area contributed by atoms with Crippen molar-refractivity contribution in [3.63, 3.8) is 0 Å². The Morgan fingerprint density at radius 1 is 1.08 bits per heavy atom. The number of rotatable bonds is 2. The van der Waals surface area contributed by atoms with E-state index in [1.807, 2.05) is 30.3 Å². The van der Waals surface area contributed by atoms with Crippen molar-refractivity contribution in [1.82, 2.24) is 9.97 Å². The van der Waals surface area contributed by atoms with Gasteiger partial charge >= 0.3 is 0 Å². The van der Waals surface area contributed by atoms with Crippen LogP contribution in [0.2, 0.25) is 0 Å². The first kappa shape index (κ1) is 14.3. The van der Waals surface area contributed by atoms with Crippen molar-refractivity contribution in [2.75, 3.05) is 5.73 Å². The number of halogens is 2. The summed E-state index contributed by atoms with van der Waals surface area (Å²) >= 11 is 0. The molecule has 4 nitrogen and oxygen atoms in total. The third-order valence-corrected chi connectivity index (χ3v) is 3.64. The summed E-state index contributed by atoms with van der Waals surface area (Å²) in [6.07, 6.45) is 1.48. The molecule has 0 amide bonds. The van der Waals surface area contributed by atoms with Gasteiger partial charge in [-0.25, -0.2) is 13.8 Å². The van der Waals surface area contributed by atoms with Crippen LogP contribution < -0.4 is 5.73 Å². The largest absolute Gasteiger partial charge is 0.435 e. The van der Waals surface area contributed by atoms with E-state index in [1.54, 1.807) is 0 Å². The average Bonchev–Trinajstić information content (AvgIpc) is 2.92. The zero-order valence-electron chi connectivity index (χ0n) is 12.3. The minimum Gasteiger partial charge on any atom is -0.435 e. The van der Waals surface area contributed by atoms with Gasteiger partial charge in [-0.05, 0) is 12.1 Å². The van der Waals surface area contributed by atoms with Crippen molar-refractivity contribution in [2.24, 2.45) is 0 Å². The van der Waals surface area contributed by atoms with E-state index in [-0.39, 0.29) is 22.7 Å². The van der Waals surface area contributed by atoms with Crippen LogP contribution in [0.15, 0.2) is 53.1 Å². The Hall–Kier alpha value is -3.28. The van der Waals surface area contributed by atoms with Crippen LogP contribution in [0.5, 0.6) is 0 Å². The smallest absolute Gasteiger partial charge is 0.232 e. The van der Waals surface area contributed by atoms with Gasteiger partial charge in [-0.15, -0.1) is 0 Å². The molecule has 0 bridgehead atoms. The molecule has 0 fully saturated rings. The van der Waals surface area contributed by atoms with E-state index in [1.165, 1.54) is 6.20 Å². The summed E-state index contributed by atoms with van der Waals surface area (Å²) in [5.74, 6) is -1.34. The van der Waals surface area contributed by atoms with Crippen molar-refractivity contribution in [1.29, 1.82) is 0 Å². The molecule has 2 heterocycles.